The van der Waals surface area contributed by atoms with Crippen molar-refractivity contribution < 1.29 is 9.90 Å². The summed E-state index contributed by atoms with van der Waals surface area (Å²) in [7, 11) is 0. The topological polar surface area (TPSA) is 40.5 Å². The zero-order valence-corrected chi connectivity index (χ0v) is 10.7. The van der Waals surface area contributed by atoms with Crippen LogP contribution in [-0.4, -0.2) is 35.6 Å². The van der Waals surface area contributed by atoms with E-state index in [1.54, 1.807) is 0 Å². The number of piperidine rings is 1. The highest BCUT2D eigenvalue weighted by molar-refractivity contribution is 5.66. The van der Waals surface area contributed by atoms with Crippen LogP contribution in [0.1, 0.15) is 52.4 Å². The lowest BCUT2D eigenvalue weighted by atomic mass is 9.78. The van der Waals surface area contributed by atoms with Crippen LogP contribution in [0.4, 0.5) is 0 Å². The van der Waals surface area contributed by atoms with Gasteiger partial charge in [-0.2, -0.15) is 0 Å². The molecule has 1 rings (SSSR count). The van der Waals surface area contributed by atoms with E-state index in [0.29, 0.717) is 11.8 Å². The molecule has 0 radical (unpaired) electrons. The molecule has 0 amide bonds. The largest absolute Gasteiger partial charge is 0.481 e. The summed E-state index contributed by atoms with van der Waals surface area (Å²) in [6.07, 6.45) is 6.24. The molecule has 0 spiro atoms. The molecular formula is C13H25NO2. The lowest BCUT2D eigenvalue weighted by Crippen LogP contribution is -2.42. The number of likely N-dealkylation sites (tertiary alicyclic amines) is 1. The van der Waals surface area contributed by atoms with Gasteiger partial charge in [0.05, 0.1) is 0 Å². The fourth-order valence-electron chi connectivity index (χ4n) is 2.88. The smallest absolute Gasteiger partial charge is 0.303 e. The number of hydrogen-bond acceptors (Lipinski definition) is 2. The van der Waals surface area contributed by atoms with Crippen LogP contribution in [0, 0.1) is 5.41 Å². The molecule has 1 unspecified atom stereocenters. The fraction of sp³-hybridized carbons (Fsp3) is 0.923. The van der Waals surface area contributed by atoms with Gasteiger partial charge in [0.2, 0.25) is 0 Å². The maximum absolute atomic E-state index is 10.5. The van der Waals surface area contributed by atoms with Gasteiger partial charge in [-0.1, -0.05) is 20.3 Å². The predicted molar refractivity (Wildman–Crippen MR) is 65.6 cm³/mol. The highest BCUT2D eigenvalue weighted by Crippen LogP contribution is 2.33. The molecule has 3 heteroatoms. The standard InChI is InChI=1S/C13H25NO2/c1-3-7-13(2)8-5-10-14(11-13)9-4-6-12(15)16/h3-11H2,1-2H3,(H,15,16). The molecule has 0 aliphatic carbocycles. The Labute approximate surface area is 98.8 Å². The summed E-state index contributed by atoms with van der Waals surface area (Å²) >= 11 is 0. The second-order valence-corrected chi connectivity index (χ2v) is 5.44. The highest BCUT2D eigenvalue weighted by Gasteiger charge is 2.29. The highest BCUT2D eigenvalue weighted by atomic mass is 16.4. The van der Waals surface area contributed by atoms with Gasteiger partial charge in [-0.3, -0.25) is 4.79 Å². The summed E-state index contributed by atoms with van der Waals surface area (Å²) in [6.45, 7) is 7.87. The van der Waals surface area contributed by atoms with Crippen molar-refractivity contribution in [1.29, 1.82) is 0 Å². The van der Waals surface area contributed by atoms with Crippen LogP contribution in [0.3, 0.4) is 0 Å². The van der Waals surface area contributed by atoms with E-state index in [1.807, 2.05) is 0 Å². The maximum Gasteiger partial charge on any atom is 0.303 e. The van der Waals surface area contributed by atoms with Crippen molar-refractivity contribution in [2.24, 2.45) is 5.41 Å². The van der Waals surface area contributed by atoms with Gasteiger partial charge in [0.25, 0.3) is 0 Å². The number of nitrogens with zero attached hydrogens (tertiary/aromatic N) is 1. The molecule has 0 aromatic carbocycles. The van der Waals surface area contributed by atoms with E-state index in [4.69, 9.17) is 5.11 Å². The van der Waals surface area contributed by atoms with E-state index in [-0.39, 0.29) is 0 Å². The molecule has 0 aromatic rings. The first-order valence-corrected chi connectivity index (χ1v) is 6.50. The average Bonchev–Trinajstić information content (AvgIpc) is 2.17. The molecular weight excluding hydrogens is 202 g/mol. The van der Waals surface area contributed by atoms with Gasteiger partial charge in [-0.05, 0) is 44.2 Å². The maximum atomic E-state index is 10.5. The van der Waals surface area contributed by atoms with Crippen LogP contribution < -0.4 is 0 Å². The van der Waals surface area contributed by atoms with Gasteiger partial charge in [0.15, 0.2) is 0 Å². The van der Waals surface area contributed by atoms with Crippen molar-refractivity contribution in [1.82, 2.24) is 4.90 Å². The molecule has 94 valence electrons. The summed E-state index contributed by atoms with van der Waals surface area (Å²) in [6, 6.07) is 0. The average molecular weight is 227 g/mol. The quantitative estimate of drug-likeness (QED) is 0.758. The van der Waals surface area contributed by atoms with Crippen molar-refractivity contribution >= 4 is 5.97 Å². The third-order valence-corrected chi connectivity index (χ3v) is 3.58. The Morgan fingerprint density at radius 1 is 1.50 bits per heavy atom. The molecule has 0 bridgehead atoms. The Hall–Kier alpha value is -0.570. The van der Waals surface area contributed by atoms with Crippen molar-refractivity contribution in [2.45, 2.75) is 52.4 Å². The Kier molecular flexibility index (Phi) is 5.26. The zero-order valence-electron chi connectivity index (χ0n) is 10.7. The Morgan fingerprint density at radius 3 is 2.88 bits per heavy atom. The SMILES string of the molecule is CCCC1(C)CCCN(CCCC(=O)O)C1. The van der Waals surface area contributed by atoms with E-state index in [2.05, 4.69) is 18.7 Å². The van der Waals surface area contributed by atoms with Crippen molar-refractivity contribution in [3.8, 4) is 0 Å². The first-order valence-electron chi connectivity index (χ1n) is 6.50. The van der Waals surface area contributed by atoms with Gasteiger partial charge < -0.3 is 10.0 Å². The third-order valence-electron chi connectivity index (χ3n) is 3.58. The molecule has 1 fully saturated rings. The van der Waals surface area contributed by atoms with E-state index >= 15 is 0 Å². The Bertz CT molecular complexity index is 226. The second-order valence-electron chi connectivity index (χ2n) is 5.44. The summed E-state index contributed by atoms with van der Waals surface area (Å²) in [4.78, 5) is 12.9. The monoisotopic (exact) mass is 227 g/mol. The van der Waals surface area contributed by atoms with Crippen LogP contribution >= 0.6 is 0 Å². The van der Waals surface area contributed by atoms with Crippen LogP contribution in [0.5, 0.6) is 0 Å². The summed E-state index contributed by atoms with van der Waals surface area (Å²) in [5, 5.41) is 8.61. The first kappa shape index (κ1) is 13.5. The second kappa shape index (κ2) is 6.24. The van der Waals surface area contributed by atoms with Crippen molar-refractivity contribution in [3.05, 3.63) is 0 Å². The summed E-state index contributed by atoms with van der Waals surface area (Å²) in [5.74, 6) is -0.673. The molecule has 1 heterocycles. The van der Waals surface area contributed by atoms with Crippen LogP contribution in [0.25, 0.3) is 0 Å². The van der Waals surface area contributed by atoms with Crippen molar-refractivity contribution in [3.63, 3.8) is 0 Å². The van der Waals surface area contributed by atoms with E-state index in [0.717, 1.165) is 26.1 Å². The number of carbonyl (C=O) groups is 1. The van der Waals surface area contributed by atoms with Crippen molar-refractivity contribution in [2.75, 3.05) is 19.6 Å². The lowest BCUT2D eigenvalue weighted by molar-refractivity contribution is -0.137. The molecule has 1 aliphatic heterocycles. The molecule has 0 aromatic heterocycles. The van der Waals surface area contributed by atoms with E-state index in [1.165, 1.54) is 25.7 Å². The molecule has 1 saturated heterocycles. The van der Waals surface area contributed by atoms with Gasteiger partial charge in [0.1, 0.15) is 0 Å². The third kappa shape index (κ3) is 4.52. The minimum Gasteiger partial charge on any atom is -0.481 e. The first-order chi connectivity index (χ1) is 7.56. The predicted octanol–water partition coefficient (Wildman–Crippen LogP) is 2.75. The van der Waals surface area contributed by atoms with E-state index in [9.17, 15) is 4.79 Å². The van der Waals surface area contributed by atoms with Crippen LogP contribution in [0.2, 0.25) is 0 Å². The molecule has 16 heavy (non-hydrogen) atoms. The van der Waals surface area contributed by atoms with E-state index < -0.39 is 5.97 Å². The van der Waals surface area contributed by atoms with Gasteiger partial charge in [0, 0.05) is 13.0 Å². The number of aliphatic carboxylic acids is 1. The minimum atomic E-state index is -0.673. The minimum absolute atomic E-state index is 0.307. The summed E-state index contributed by atoms with van der Waals surface area (Å²) < 4.78 is 0. The Balaban J connectivity index is 2.30. The number of carboxylic acids is 1. The molecule has 1 N–H and O–H groups in total. The molecule has 0 saturated carbocycles. The normalized spacial score (nSPS) is 26.9. The lowest BCUT2D eigenvalue weighted by Gasteiger charge is -2.40. The summed E-state index contributed by atoms with van der Waals surface area (Å²) in [5.41, 5.74) is 0.468. The van der Waals surface area contributed by atoms with Gasteiger partial charge in [-0.15, -0.1) is 0 Å². The van der Waals surface area contributed by atoms with Crippen LogP contribution in [-0.2, 0) is 4.79 Å². The number of hydrogen-bond donors (Lipinski definition) is 1. The Morgan fingerprint density at radius 2 is 2.25 bits per heavy atom. The zero-order chi connectivity index (χ0) is 12.0. The van der Waals surface area contributed by atoms with Gasteiger partial charge in [-0.25, -0.2) is 0 Å². The fourth-order valence-corrected chi connectivity index (χ4v) is 2.88. The molecule has 1 aliphatic rings. The molecule has 3 nitrogen and oxygen atoms in total. The number of carboxylic acid groups (broad SMARTS) is 1. The molecule has 1 atom stereocenters. The van der Waals surface area contributed by atoms with Crippen LogP contribution in [0.15, 0.2) is 0 Å². The van der Waals surface area contributed by atoms with Gasteiger partial charge >= 0.3 is 5.97 Å². The number of rotatable bonds is 6.